The zero-order valence-electron chi connectivity index (χ0n) is 11.0. The molecule has 0 aliphatic carbocycles. The molecule has 0 saturated carbocycles. The van der Waals surface area contributed by atoms with Crippen molar-refractivity contribution in [3.05, 3.63) is 59.2 Å². The minimum Gasteiger partial charge on any atom is -0.506 e. The fourth-order valence-corrected chi connectivity index (χ4v) is 1.81. The topological polar surface area (TPSA) is 73.1 Å². The molecule has 0 bridgehead atoms. The van der Waals surface area contributed by atoms with Gasteiger partial charge in [-0.05, 0) is 24.3 Å². The first kappa shape index (κ1) is 15.4. The number of aromatic hydroxyl groups is 1. The van der Waals surface area contributed by atoms with Gasteiger partial charge in [-0.15, -0.1) is 0 Å². The van der Waals surface area contributed by atoms with Gasteiger partial charge in [0.2, 0.25) is 0 Å². The minimum absolute atomic E-state index is 0.350. The van der Waals surface area contributed by atoms with E-state index in [1.807, 2.05) is 0 Å². The second-order valence-electron chi connectivity index (χ2n) is 4.35. The first-order valence-electron chi connectivity index (χ1n) is 6.03. The van der Waals surface area contributed by atoms with Crippen LogP contribution in [0.25, 0.3) is 0 Å². The molecule has 2 rings (SSSR count). The van der Waals surface area contributed by atoms with Gasteiger partial charge in [-0.25, -0.2) is 0 Å². The second-order valence-corrected chi connectivity index (χ2v) is 4.35. The van der Waals surface area contributed by atoms with Crippen LogP contribution < -0.4 is 5.32 Å². The van der Waals surface area contributed by atoms with Crippen LogP contribution in [0, 0.1) is 11.3 Å². The summed E-state index contributed by atoms with van der Waals surface area (Å²) >= 11 is 0. The molecule has 0 radical (unpaired) electrons. The van der Waals surface area contributed by atoms with Gasteiger partial charge in [-0.1, -0.05) is 18.2 Å². The summed E-state index contributed by atoms with van der Waals surface area (Å²) in [5.41, 5.74) is -2.06. The normalized spacial score (nSPS) is 10.8. The van der Waals surface area contributed by atoms with Gasteiger partial charge in [0, 0.05) is 5.69 Å². The highest BCUT2D eigenvalue weighted by atomic mass is 19.4. The summed E-state index contributed by atoms with van der Waals surface area (Å²) in [5, 5.41) is 20.8. The van der Waals surface area contributed by atoms with E-state index in [0.29, 0.717) is 11.8 Å². The van der Waals surface area contributed by atoms with E-state index in [9.17, 15) is 23.1 Å². The van der Waals surface area contributed by atoms with Crippen LogP contribution in [0.1, 0.15) is 21.5 Å². The molecule has 0 aromatic heterocycles. The van der Waals surface area contributed by atoms with Crippen molar-refractivity contribution in [2.24, 2.45) is 0 Å². The summed E-state index contributed by atoms with van der Waals surface area (Å²) in [4.78, 5) is 12.0. The number of nitrogens with one attached hydrogen (secondary N) is 1. The summed E-state index contributed by atoms with van der Waals surface area (Å²) in [6, 6.07) is 11.0. The van der Waals surface area contributed by atoms with E-state index < -0.39 is 29.0 Å². The van der Waals surface area contributed by atoms with E-state index in [1.165, 1.54) is 18.2 Å². The van der Waals surface area contributed by atoms with Crippen molar-refractivity contribution in [3.63, 3.8) is 0 Å². The predicted molar refractivity (Wildman–Crippen MR) is 72.2 cm³/mol. The average Bonchev–Trinajstić information content (AvgIpc) is 2.47. The van der Waals surface area contributed by atoms with Gasteiger partial charge < -0.3 is 10.4 Å². The van der Waals surface area contributed by atoms with Gasteiger partial charge in [-0.3, -0.25) is 4.79 Å². The van der Waals surface area contributed by atoms with Crippen LogP contribution in [0.3, 0.4) is 0 Å². The van der Waals surface area contributed by atoms with Crippen molar-refractivity contribution in [3.8, 4) is 11.8 Å². The molecule has 0 unspecified atom stereocenters. The number of alkyl halides is 3. The average molecular weight is 306 g/mol. The lowest BCUT2D eigenvalue weighted by Crippen LogP contribution is -2.15. The monoisotopic (exact) mass is 306 g/mol. The van der Waals surface area contributed by atoms with Crippen LogP contribution in [0.2, 0.25) is 0 Å². The fraction of sp³-hybridized carbons (Fsp3) is 0.0667. The van der Waals surface area contributed by atoms with Crippen LogP contribution in [0.15, 0.2) is 42.5 Å². The lowest BCUT2D eigenvalue weighted by Gasteiger charge is -2.13. The third-order valence-corrected chi connectivity index (χ3v) is 2.82. The summed E-state index contributed by atoms with van der Waals surface area (Å²) in [6.45, 7) is 0. The van der Waals surface area contributed by atoms with Gasteiger partial charge in [0.05, 0.1) is 22.8 Å². The number of anilines is 1. The number of halogens is 3. The molecule has 0 aliphatic heterocycles. The van der Waals surface area contributed by atoms with Crippen molar-refractivity contribution < 1.29 is 23.1 Å². The van der Waals surface area contributed by atoms with Crippen LogP contribution in [0.4, 0.5) is 18.9 Å². The number of hydrogen-bond acceptors (Lipinski definition) is 3. The Morgan fingerprint density at radius 1 is 1.18 bits per heavy atom. The number of carbonyl (C=O) groups excluding carboxylic acids is 1. The van der Waals surface area contributed by atoms with E-state index in [2.05, 4.69) is 5.32 Å². The summed E-state index contributed by atoms with van der Waals surface area (Å²) in [5.74, 6) is -2.15. The van der Waals surface area contributed by atoms with Crippen molar-refractivity contribution in [2.45, 2.75) is 6.18 Å². The van der Waals surface area contributed by atoms with Gasteiger partial charge >= 0.3 is 6.18 Å². The van der Waals surface area contributed by atoms with Gasteiger partial charge in [0.25, 0.3) is 5.91 Å². The quantitative estimate of drug-likeness (QED) is 0.891. The van der Waals surface area contributed by atoms with Crippen LogP contribution >= 0.6 is 0 Å². The summed E-state index contributed by atoms with van der Waals surface area (Å²) < 4.78 is 38.5. The molecular weight excluding hydrogens is 297 g/mol. The maximum absolute atomic E-state index is 12.8. The second kappa shape index (κ2) is 5.77. The van der Waals surface area contributed by atoms with Gasteiger partial charge in [0.15, 0.2) is 0 Å². The van der Waals surface area contributed by atoms with Crippen LogP contribution in [-0.4, -0.2) is 11.0 Å². The smallest absolute Gasteiger partial charge is 0.420 e. The van der Waals surface area contributed by atoms with Crippen molar-refractivity contribution >= 4 is 11.6 Å². The molecule has 2 aromatic rings. The van der Waals surface area contributed by atoms with Gasteiger partial charge in [-0.2, -0.15) is 18.4 Å². The van der Waals surface area contributed by atoms with Crippen molar-refractivity contribution in [1.29, 1.82) is 5.26 Å². The highest BCUT2D eigenvalue weighted by molar-refractivity contribution is 6.06. The third kappa shape index (κ3) is 3.17. The maximum atomic E-state index is 12.8. The van der Waals surface area contributed by atoms with Crippen molar-refractivity contribution in [1.82, 2.24) is 0 Å². The Labute approximate surface area is 123 Å². The highest BCUT2D eigenvalue weighted by Crippen LogP contribution is 2.38. The molecule has 2 N–H and O–H groups in total. The van der Waals surface area contributed by atoms with Crippen LogP contribution in [0.5, 0.6) is 5.75 Å². The number of hydrogen-bond donors (Lipinski definition) is 2. The fourth-order valence-electron chi connectivity index (χ4n) is 1.81. The Morgan fingerprint density at radius 3 is 2.36 bits per heavy atom. The highest BCUT2D eigenvalue weighted by Gasteiger charge is 2.36. The number of carbonyl (C=O) groups is 1. The molecule has 7 heteroatoms. The largest absolute Gasteiger partial charge is 0.506 e. The number of nitrogens with zero attached hydrogens (tertiary/aromatic N) is 1. The lowest BCUT2D eigenvalue weighted by molar-refractivity contribution is -0.138. The number of phenols is 1. The molecule has 0 fully saturated rings. The number of para-hydroxylation sites is 1. The molecule has 2 aromatic carbocycles. The third-order valence-electron chi connectivity index (χ3n) is 2.82. The van der Waals surface area contributed by atoms with E-state index >= 15 is 0 Å². The van der Waals surface area contributed by atoms with E-state index in [1.54, 1.807) is 18.2 Å². The number of rotatable bonds is 2. The Balaban J connectivity index is 2.46. The first-order valence-corrected chi connectivity index (χ1v) is 6.03. The van der Waals surface area contributed by atoms with Crippen molar-refractivity contribution in [2.75, 3.05) is 5.32 Å². The van der Waals surface area contributed by atoms with E-state index in [-0.39, 0.29) is 5.56 Å². The Kier molecular flexibility index (Phi) is 4.04. The zero-order chi connectivity index (χ0) is 16.3. The Morgan fingerprint density at radius 2 is 1.82 bits per heavy atom. The van der Waals surface area contributed by atoms with E-state index in [0.717, 1.165) is 6.07 Å². The molecule has 0 spiro atoms. The predicted octanol–water partition coefficient (Wildman–Crippen LogP) is 3.53. The SMILES string of the molecule is N#Cc1cc(C(=O)Nc2ccccc2)c(O)c(C(F)(F)F)c1. The maximum Gasteiger partial charge on any atom is 0.420 e. The zero-order valence-corrected chi connectivity index (χ0v) is 11.0. The number of nitriles is 1. The molecule has 22 heavy (non-hydrogen) atoms. The molecule has 0 heterocycles. The molecule has 4 nitrogen and oxygen atoms in total. The molecule has 1 amide bonds. The first-order chi connectivity index (χ1) is 10.3. The standard InChI is InChI=1S/C15H9F3N2O2/c16-15(17,18)12-7-9(8-19)6-11(13(12)21)14(22)20-10-4-2-1-3-5-10/h1-7,21H,(H,20,22). The lowest BCUT2D eigenvalue weighted by atomic mass is 10.0. The molecule has 0 saturated heterocycles. The molecule has 0 atom stereocenters. The summed E-state index contributed by atoms with van der Waals surface area (Å²) in [6.07, 6.45) is -4.88. The molecular formula is C15H9F3N2O2. The number of phenolic OH excluding ortho intramolecular Hbond substituents is 1. The Hall–Kier alpha value is -3.01. The summed E-state index contributed by atoms with van der Waals surface area (Å²) in [7, 11) is 0. The molecule has 112 valence electrons. The Bertz CT molecular complexity index is 750. The van der Waals surface area contributed by atoms with E-state index in [4.69, 9.17) is 5.26 Å². The van der Waals surface area contributed by atoms with Gasteiger partial charge in [0.1, 0.15) is 5.75 Å². The number of amides is 1. The number of benzene rings is 2. The van der Waals surface area contributed by atoms with Crippen LogP contribution in [-0.2, 0) is 6.18 Å². The minimum atomic E-state index is -4.88. The molecule has 0 aliphatic rings.